The number of rotatable bonds is 7. The fourth-order valence-electron chi connectivity index (χ4n) is 5.46. The smallest absolute Gasteiger partial charge is 0.192 e. The standard InChI is InChI=1S/C30H43N3O2Si/c1-20-17-33(18-21(2)29(20)35-36(6,7)30(3,4)5)26-14-15-31-16-23(26)10-11-24-12-13-27-28(32-24)25(19-34-27)22-8-9-22/h12-16,19-22,29H,8-11,17-18H2,1-7H3/t20-,21+,29?. The highest BCUT2D eigenvalue weighted by Crippen LogP contribution is 2.43. The van der Waals surface area contributed by atoms with Crippen LogP contribution < -0.4 is 4.90 Å². The molecule has 2 aliphatic rings. The summed E-state index contributed by atoms with van der Waals surface area (Å²) in [6, 6.07) is 6.40. The molecular formula is C30H43N3O2Si. The number of aryl methyl sites for hydroxylation is 2. The molecule has 4 heterocycles. The molecule has 3 atom stereocenters. The highest BCUT2D eigenvalue weighted by molar-refractivity contribution is 6.74. The molecule has 6 heteroatoms. The molecule has 0 spiro atoms. The molecule has 0 aromatic carbocycles. The Kier molecular flexibility index (Phi) is 6.79. The molecule has 5 rings (SSSR count). The summed E-state index contributed by atoms with van der Waals surface area (Å²) in [5, 5.41) is 0.231. The maximum absolute atomic E-state index is 6.93. The quantitative estimate of drug-likeness (QED) is 0.314. The van der Waals surface area contributed by atoms with E-state index in [1.165, 1.54) is 29.7 Å². The van der Waals surface area contributed by atoms with Gasteiger partial charge >= 0.3 is 0 Å². The van der Waals surface area contributed by atoms with Gasteiger partial charge in [-0.3, -0.25) is 4.98 Å². The summed E-state index contributed by atoms with van der Waals surface area (Å²) in [6.45, 7) is 18.5. The van der Waals surface area contributed by atoms with Gasteiger partial charge in [-0.15, -0.1) is 0 Å². The van der Waals surface area contributed by atoms with E-state index in [-0.39, 0.29) is 5.04 Å². The first-order valence-electron chi connectivity index (χ1n) is 13.8. The first-order chi connectivity index (χ1) is 17.0. The van der Waals surface area contributed by atoms with Crippen LogP contribution in [0.4, 0.5) is 5.69 Å². The Morgan fingerprint density at radius 3 is 2.44 bits per heavy atom. The van der Waals surface area contributed by atoms with E-state index < -0.39 is 8.32 Å². The largest absolute Gasteiger partial charge is 0.462 e. The second-order valence-corrected chi connectivity index (χ2v) is 17.6. The molecule has 3 aromatic heterocycles. The third-order valence-corrected chi connectivity index (χ3v) is 13.2. The van der Waals surface area contributed by atoms with Crippen LogP contribution in [0.5, 0.6) is 0 Å². The van der Waals surface area contributed by atoms with Crippen LogP contribution in [0, 0.1) is 11.8 Å². The van der Waals surface area contributed by atoms with Gasteiger partial charge in [-0.25, -0.2) is 4.98 Å². The van der Waals surface area contributed by atoms with Gasteiger partial charge in [0.1, 0.15) is 5.52 Å². The third-order valence-electron chi connectivity index (χ3n) is 8.76. The van der Waals surface area contributed by atoms with E-state index in [0.717, 1.165) is 42.7 Å². The average molecular weight is 506 g/mol. The molecule has 3 aromatic rings. The summed E-state index contributed by atoms with van der Waals surface area (Å²) in [5.41, 5.74) is 7.01. The summed E-state index contributed by atoms with van der Waals surface area (Å²) >= 11 is 0. The summed E-state index contributed by atoms with van der Waals surface area (Å²) in [5.74, 6) is 1.61. The van der Waals surface area contributed by atoms with Gasteiger partial charge in [-0.1, -0.05) is 34.6 Å². The van der Waals surface area contributed by atoms with E-state index in [1.54, 1.807) is 0 Å². The fraction of sp³-hybridized carbons (Fsp3) is 0.600. The monoisotopic (exact) mass is 505 g/mol. The Morgan fingerprint density at radius 2 is 1.78 bits per heavy atom. The molecule has 2 fully saturated rings. The van der Waals surface area contributed by atoms with Gasteiger partial charge in [-0.2, -0.15) is 0 Å². The topological polar surface area (TPSA) is 51.4 Å². The van der Waals surface area contributed by atoms with Crippen LogP contribution in [0.3, 0.4) is 0 Å². The van der Waals surface area contributed by atoms with Crippen molar-refractivity contribution in [1.82, 2.24) is 9.97 Å². The molecule has 194 valence electrons. The van der Waals surface area contributed by atoms with E-state index in [4.69, 9.17) is 13.8 Å². The van der Waals surface area contributed by atoms with Gasteiger partial charge in [0.2, 0.25) is 0 Å². The van der Waals surface area contributed by atoms with Gasteiger partial charge in [0.15, 0.2) is 13.9 Å². The SMILES string of the molecule is C[C@@H]1CN(c2ccncc2CCc2ccc3occ(C4CC4)c3n2)C[C@H](C)C1O[Si](C)(C)C(C)(C)C. The maximum atomic E-state index is 6.93. The van der Waals surface area contributed by atoms with Gasteiger partial charge in [-0.05, 0) is 85.3 Å². The molecule has 36 heavy (non-hydrogen) atoms. The Morgan fingerprint density at radius 1 is 1.06 bits per heavy atom. The molecule has 0 bridgehead atoms. The fourth-order valence-corrected chi connectivity index (χ4v) is 6.96. The van der Waals surface area contributed by atoms with Crippen LogP contribution in [0.2, 0.25) is 18.1 Å². The molecule has 0 N–H and O–H groups in total. The Labute approximate surface area is 217 Å². The van der Waals surface area contributed by atoms with Crippen LogP contribution in [0.1, 0.15) is 70.2 Å². The van der Waals surface area contributed by atoms with E-state index in [1.807, 2.05) is 12.5 Å². The Hall–Kier alpha value is -2.18. The summed E-state index contributed by atoms with van der Waals surface area (Å²) in [4.78, 5) is 12.1. The first kappa shape index (κ1) is 25.5. The zero-order chi connectivity index (χ0) is 25.7. The highest BCUT2D eigenvalue weighted by atomic mass is 28.4. The second-order valence-electron chi connectivity index (χ2n) is 12.8. The minimum absolute atomic E-state index is 0.231. The van der Waals surface area contributed by atoms with E-state index in [9.17, 15) is 0 Å². The third kappa shape index (κ3) is 5.12. The normalized spacial score (nSPS) is 23.4. The van der Waals surface area contributed by atoms with Crippen molar-refractivity contribution >= 4 is 25.1 Å². The molecule has 1 aliphatic heterocycles. The van der Waals surface area contributed by atoms with Crippen molar-refractivity contribution in [1.29, 1.82) is 0 Å². The van der Waals surface area contributed by atoms with Gasteiger partial charge in [0, 0.05) is 42.4 Å². The van der Waals surface area contributed by atoms with Gasteiger partial charge in [0.25, 0.3) is 0 Å². The zero-order valence-corrected chi connectivity index (χ0v) is 24.2. The molecule has 1 saturated carbocycles. The van der Waals surface area contributed by atoms with Crippen LogP contribution in [0.15, 0.2) is 41.3 Å². The highest BCUT2D eigenvalue weighted by Gasteiger charge is 2.43. The lowest BCUT2D eigenvalue weighted by atomic mass is 9.87. The lowest BCUT2D eigenvalue weighted by molar-refractivity contribution is 0.0627. The van der Waals surface area contributed by atoms with Crippen molar-refractivity contribution in [3.05, 3.63) is 53.7 Å². The van der Waals surface area contributed by atoms with E-state index >= 15 is 0 Å². The van der Waals surface area contributed by atoms with Crippen molar-refractivity contribution in [3.8, 4) is 0 Å². The number of hydrogen-bond acceptors (Lipinski definition) is 5. The molecule has 5 nitrogen and oxygen atoms in total. The average Bonchev–Trinajstić information content (AvgIpc) is 3.58. The number of furan rings is 1. The molecule has 1 unspecified atom stereocenters. The zero-order valence-electron chi connectivity index (χ0n) is 23.2. The molecule has 0 radical (unpaired) electrons. The van der Waals surface area contributed by atoms with E-state index in [2.05, 4.69) is 82.0 Å². The van der Waals surface area contributed by atoms with Crippen molar-refractivity contribution < 1.29 is 8.84 Å². The summed E-state index contributed by atoms with van der Waals surface area (Å²) in [7, 11) is -1.80. The minimum Gasteiger partial charge on any atom is -0.462 e. The number of piperidine rings is 1. The number of nitrogens with zero attached hydrogens (tertiary/aromatic N) is 3. The predicted octanol–water partition coefficient (Wildman–Crippen LogP) is 7.37. The number of anilines is 1. The number of aromatic nitrogens is 2. The van der Waals surface area contributed by atoms with E-state index in [0.29, 0.717) is 23.9 Å². The molecular weight excluding hydrogens is 462 g/mol. The van der Waals surface area contributed by atoms with Crippen molar-refractivity contribution in [3.63, 3.8) is 0 Å². The Bertz CT molecular complexity index is 1200. The van der Waals surface area contributed by atoms with Crippen molar-refractivity contribution in [2.75, 3.05) is 18.0 Å². The lowest BCUT2D eigenvalue weighted by Crippen LogP contribution is -2.54. The summed E-state index contributed by atoms with van der Waals surface area (Å²) in [6.07, 6.45) is 10.6. The predicted molar refractivity (Wildman–Crippen MR) is 150 cm³/mol. The van der Waals surface area contributed by atoms with Crippen molar-refractivity contribution in [2.24, 2.45) is 11.8 Å². The van der Waals surface area contributed by atoms with Crippen LogP contribution in [-0.4, -0.2) is 37.5 Å². The number of fused-ring (bicyclic) bond motifs is 1. The van der Waals surface area contributed by atoms with Gasteiger partial charge in [0.05, 0.1) is 12.4 Å². The van der Waals surface area contributed by atoms with Crippen molar-refractivity contribution in [2.45, 2.75) is 90.5 Å². The second kappa shape index (κ2) is 9.60. The van der Waals surface area contributed by atoms with Gasteiger partial charge < -0.3 is 13.7 Å². The lowest BCUT2D eigenvalue weighted by Gasteiger charge is -2.48. The van der Waals surface area contributed by atoms with Crippen LogP contribution in [0.25, 0.3) is 11.1 Å². The maximum Gasteiger partial charge on any atom is 0.192 e. The molecule has 1 aliphatic carbocycles. The summed E-state index contributed by atoms with van der Waals surface area (Å²) < 4.78 is 12.7. The minimum atomic E-state index is -1.80. The molecule has 1 saturated heterocycles. The van der Waals surface area contributed by atoms with Crippen LogP contribution in [-0.2, 0) is 17.3 Å². The first-order valence-corrected chi connectivity index (χ1v) is 16.7. The number of hydrogen-bond donors (Lipinski definition) is 0. The number of pyridine rings is 2. The molecule has 0 amide bonds. The van der Waals surface area contributed by atoms with Crippen LogP contribution >= 0.6 is 0 Å². The Balaban J connectivity index is 1.29.